The van der Waals surface area contributed by atoms with Crippen LogP contribution in [-0.2, 0) is 0 Å². The van der Waals surface area contributed by atoms with Crippen LogP contribution in [-0.4, -0.2) is 35.8 Å². The zero-order chi connectivity index (χ0) is 24.5. The van der Waals surface area contributed by atoms with Crippen molar-refractivity contribution < 1.29 is 0 Å². The topological polar surface area (TPSA) is 6.48 Å². The highest BCUT2D eigenvalue weighted by atomic mass is 31.1. The molecule has 0 bridgehead atoms. The molecule has 174 valence electrons. The van der Waals surface area contributed by atoms with Gasteiger partial charge in [0, 0.05) is 47.4 Å². The lowest BCUT2D eigenvalue weighted by Crippen LogP contribution is -2.22. The molecular formula is C28H45BN2P+. The van der Waals surface area contributed by atoms with E-state index < -0.39 is 7.80 Å². The fourth-order valence-corrected chi connectivity index (χ4v) is 6.21. The van der Waals surface area contributed by atoms with Gasteiger partial charge in [-0.2, -0.15) is 0 Å². The molecule has 2 aromatic rings. The Kier molecular flexibility index (Phi) is 8.91. The smallest absolute Gasteiger partial charge is 0.374 e. The fourth-order valence-electron chi connectivity index (χ4n) is 4.63. The van der Waals surface area contributed by atoms with Gasteiger partial charge < -0.3 is 9.80 Å². The molecule has 0 amide bonds. The molecule has 2 rings (SSSR count). The minimum Gasteiger partial charge on any atom is -0.377 e. The molecule has 4 heteroatoms. The van der Waals surface area contributed by atoms with Crippen LogP contribution in [0, 0.1) is 0 Å². The quantitative estimate of drug-likeness (QED) is 0.331. The minimum atomic E-state index is -1.39. The van der Waals surface area contributed by atoms with Crippen LogP contribution >= 0.6 is 7.80 Å². The van der Waals surface area contributed by atoms with Crippen molar-refractivity contribution in [3.63, 3.8) is 0 Å². The lowest BCUT2D eigenvalue weighted by atomic mass is 9.92. The summed E-state index contributed by atoms with van der Waals surface area (Å²) in [6.07, 6.45) is 0. The largest absolute Gasteiger partial charge is 0.377 e. The highest BCUT2D eigenvalue weighted by Crippen LogP contribution is 2.41. The Hall–Kier alpha value is -1.47. The second-order valence-corrected chi connectivity index (χ2v) is 12.8. The third-order valence-electron chi connectivity index (χ3n) is 6.34. The Labute approximate surface area is 200 Å². The molecule has 0 atom stereocenters. The summed E-state index contributed by atoms with van der Waals surface area (Å²) >= 11 is 0. The maximum Gasteiger partial charge on any atom is 0.374 e. The van der Waals surface area contributed by atoms with E-state index in [9.17, 15) is 0 Å². The minimum absolute atomic E-state index is 0.452. The molecule has 2 radical (unpaired) electrons. The summed E-state index contributed by atoms with van der Waals surface area (Å²) in [6, 6.07) is 9.57. The highest BCUT2D eigenvalue weighted by Gasteiger charge is 2.27. The van der Waals surface area contributed by atoms with Crippen LogP contribution in [0.1, 0.15) is 101 Å². The van der Waals surface area contributed by atoms with Crippen molar-refractivity contribution in [1.29, 1.82) is 0 Å². The summed E-state index contributed by atoms with van der Waals surface area (Å²) in [5.41, 5.74) is 8.35. The van der Waals surface area contributed by atoms with Crippen molar-refractivity contribution in [1.82, 2.24) is 0 Å². The third kappa shape index (κ3) is 5.53. The summed E-state index contributed by atoms with van der Waals surface area (Å²) in [7, 11) is 14.4. The number of hydrogen-bond donors (Lipinski definition) is 0. The van der Waals surface area contributed by atoms with E-state index in [1.54, 1.807) is 0 Å². The molecule has 2 nitrogen and oxygen atoms in total. The van der Waals surface area contributed by atoms with Gasteiger partial charge in [-0.05, 0) is 70.2 Å². The maximum atomic E-state index is 7.12. The van der Waals surface area contributed by atoms with Crippen molar-refractivity contribution in [2.24, 2.45) is 0 Å². The first kappa shape index (κ1) is 26.8. The predicted octanol–water partition coefficient (Wildman–Crippen LogP) is 6.56. The van der Waals surface area contributed by atoms with Crippen LogP contribution in [0.25, 0.3) is 0 Å². The van der Waals surface area contributed by atoms with Crippen LogP contribution in [0.4, 0.5) is 11.4 Å². The molecule has 0 fully saturated rings. The molecule has 0 aromatic heterocycles. The first-order valence-corrected chi connectivity index (χ1v) is 13.7. The SMILES string of the molecule is [B][PH+](c1cc(C(C)C)c(N(C)C)c(C(C)C)c1)c1cc(C(C)C)c(N(C)C)c(C(C)C)c1. The van der Waals surface area contributed by atoms with Crippen LogP contribution in [0.3, 0.4) is 0 Å². The third-order valence-corrected chi connectivity index (χ3v) is 8.16. The van der Waals surface area contributed by atoms with Gasteiger partial charge >= 0.3 is 7.57 Å². The standard InChI is InChI=1S/C28H45BN2P/c1-17(2)23-13-21(14-24(18(3)4)27(23)30(9)10)32(29)22-15-25(19(5)6)28(31(11)12)26(16-22)20(7)8/h13-20,32H,1-12H3/q+1. The van der Waals surface area contributed by atoms with Gasteiger partial charge in [0.05, 0.1) is 10.6 Å². The van der Waals surface area contributed by atoms with Gasteiger partial charge in [-0.15, -0.1) is 0 Å². The van der Waals surface area contributed by atoms with E-state index in [-0.39, 0.29) is 0 Å². The van der Waals surface area contributed by atoms with Crippen molar-refractivity contribution >= 4 is 37.3 Å². The number of anilines is 2. The van der Waals surface area contributed by atoms with Crippen molar-refractivity contribution in [2.45, 2.75) is 79.1 Å². The van der Waals surface area contributed by atoms with Crippen LogP contribution in [0.15, 0.2) is 24.3 Å². The number of nitrogens with zero attached hydrogens (tertiary/aromatic N) is 2. The molecule has 0 aliphatic heterocycles. The van der Waals surface area contributed by atoms with Crippen LogP contribution in [0.2, 0.25) is 0 Å². The summed E-state index contributed by atoms with van der Waals surface area (Å²) in [5, 5.41) is 2.63. The summed E-state index contributed by atoms with van der Waals surface area (Å²) < 4.78 is 0. The average molecular weight is 451 g/mol. The first-order valence-electron chi connectivity index (χ1n) is 12.1. The number of benzene rings is 2. The molecule has 0 saturated carbocycles. The van der Waals surface area contributed by atoms with Crippen molar-refractivity contribution in [3.05, 3.63) is 46.5 Å². The van der Waals surface area contributed by atoms with Gasteiger partial charge in [0.1, 0.15) is 0 Å². The Bertz CT molecular complexity index is 796. The first-order chi connectivity index (χ1) is 14.8. The van der Waals surface area contributed by atoms with E-state index in [0.717, 1.165) is 0 Å². The molecule has 0 heterocycles. The number of rotatable bonds is 8. The zero-order valence-corrected chi connectivity index (χ0v) is 23.6. The van der Waals surface area contributed by atoms with E-state index in [1.165, 1.54) is 44.2 Å². The molecule has 0 aliphatic carbocycles. The lowest BCUT2D eigenvalue weighted by Gasteiger charge is -2.28. The molecule has 0 N–H and O–H groups in total. The molecule has 32 heavy (non-hydrogen) atoms. The normalized spacial score (nSPS) is 12.0. The van der Waals surface area contributed by atoms with Gasteiger partial charge in [-0.25, -0.2) is 0 Å². The Balaban J connectivity index is 2.78. The lowest BCUT2D eigenvalue weighted by molar-refractivity contribution is 0.824. The van der Waals surface area contributed by atoms with Gasteiger partial charge in [-0.1, -0.05) is 55.4 Å². The summed E-state index contributed by atoms with van der Waals surface area (Å²) in [5.74, 6) is 1.81. The Morgan fingerprint density at radius 1 is 0.531 bits per heavy atom. The summed E-state index contributed by atoms with van der Waals surface area (Å²) in [4.78, 5) is 4.55. The number of hydrogen-bond acceptors (Lipinski definition) is 2. The van der Waals surface area contributed by atoms with Crippen LogP contribution in [0.5, 0.6) is 0 Å². The summed E-state index contributed by atoms with van der Waals surface area (Å²) in [6.45, 7) is 18.3. The van der Waals surface area contributed by atoms with E-state index in [0.29, 0.717) is 23.7 Å². The average Bonchev–Trinajstić information content (AvgIpc) is 2.70. The van der Waals surface area contributed by atoms with Crippen LogP contribution < -0.4 is 20.4 Å². The second-order valence-electron chi connectivity index (χ2n) is 10.8. The predicted molar refractivity (Wildman–Crippen MR) is 151 cm³/mol. The monoisotopic (exact) mass is 451 g/mol. The van der Waals surface area contributed by atoms with E-state index in [2.05, 4.69) is 118 Å². The Morgan fingerprint density at radius 2 is 0.750 bits per heavy atom. The van der Waals surface area contributed by atoms with E-state index in [1.807, 2.05) is 0 Å². The van der Waals surface area contributed by atoms with Gasteiger partial charge in [0.15, 0.2) is 0 Å². The van der Waals surface area contributed by atoms with Crippen molar-refractivity contribution in [2.75, 3.05) is 38.0 Å². The Morgan fingerprint density at radius 3 is 0.906 bits per heavy atom. The molecule has 0 unspecified atom stereocenters. The maximum absolute atomic E-state index is 7.12. The molecule has 0 aliphatic rings. The molecule has 0 saturated heterocycles. The second kappa shape index (κ2) is 10.6. The van der Waals surface area contributed by atoms with E-state index in [4.69, 9.17) is 7.57 Å². The van der Waals surface area contributed by atoms with E-state index >= 15 is 0 Å². The molecule has 2 aromatic carbocycles. The molecular weight excluding hydrogens is 406 g/mol. The van der Waals surface area contributed by atoms with Gasteiger partial charge in [0.25, 0.3) is 0 Å². The van der Waals surface area contributed by atoms with Crippen molar-refractivity contribution in [3.8, 4) is 0 Å². The zero-order valence-electron chi connectivity index (χ0n) is 22.6. The highest BCUT2D eigenvalue weighted by molar-refractivity contribution is 7.94. The molecule has 0 spiro atoms. The van der Waals surface area contributed by atoms with Gasteiger partial charge in [0.2, 0.25) is 0 Å². The van der Waals surface area contributed by atoms with Gasteiger partial charge in [-0.3, -0.25) is 0 Å². The fraction of sp³-hybridized carbons (Fsp3) is 0.571.